The zero-order valence-corrected chi connectivity index (χ0v) is 17.8. The number of rotatable bonds is 5. The highest BCUT2D eigenvalue weighted by atomic mass is 32.2. The second kappa shape index (κ2) is 9.49. The maximum Gasteiger partial charge on any atom is 0.316 e. The van der Waals surface area contributed by atoms with Gasteiger partial charge in [-0.2, -0.15) is 20.2 Å². The highest BCUT2D eigenvalue weighted by Gasteiger charge is 2.42. The van der Waals surface area contributed by atoms with Crippen molar-refractivity contribution in [3.05, 3.63) is 23.8 Å². The second-order valence-corrected chi connectivity index (χ2v) is 8.15. The number of nitrogens with one attached hydrogen (secondary N) is 2. The molecule has 0 saturated carbocycles. The SMILES string of the molecule is CNC(=S)NC(=O)C(C)(c1ccc(OC)c(N=S(=O)=O)c1)N1CCSCC1. The molecule has 1 amide bonds. The number of thioether (sulfide) groups is 1. The van der Waals surface area contributed by atoms with Gasteiger partial charge in [-0.05, 0) is 36.8 Å². The summed E-state index contributed by atoms with van der Waals surface area (Å²) in [4.78, 5) is 15.2. The Bertz CT molecular complexity index is 845. The first-order valence-electron chi connectivity index (χ1n) is 8.18. The number of thiocarbonyl (C=S) groups is 1. The Morgan fingerprint density at radius 2 is 2.04 bits per heavy atom. The maximum absolute atomic E-state index is 13.2. The first kappa shape index (κ1) is 21.6. The minimum absolute atomic E-state index is 0.143. The van der Waals surface area contributed by atoms with Gasteiger partial charge in [0.1, 0.15) is 17.0 Å². The van der Waals surface area contributed by atoms with Crippen LogP contribution >= 0.6 is 24.0 Å². The van der Waals surface area contributed by atoms with E-state index >= 15 is 0 Å². The van der Waals surface area contributed by atoms with Gasteiger partial charge < -0.3 is 15.4 Å². The molecule has 2 rings (SSSR count). The Morgan fingerprint density at radius 3 is 2.59 bits per heavy atom. The molecule has 0 bridgehead atoms. The fraction of sp³-hybridized carbons (Fsp3) is 0.500. The molecule has 1 unspecified atom stereocenters. The number of amides is 1. The van der Waals surface area contributed by atoms with E-state index in [1.165, 1.54) is 7.11 Å². The summed E-state index contributed by atoms with van der Waals surface area (Å²) >= 11 is 6.91. The standard InChI is InChI=1S/C16H22N4O4S3/c1-16(14(21)18-15(25)17-2,20-6-8-26-9-7-20)11-4-5-13(24-3)12(10-11)19-27(22)23/h4-5,10H,6-9H2,1-3H3,(H2,17,18,21,25). The van der Waals surface area contributed by atoms with Gasteiger partial charge in [-0.15, -0.1) is 4.36 Å². The minimum atomic E-state index is -2.64. The summed E-state index contributed by atoms with van der Waals surface area (Å²) < 4.78 is 30.9. The van der Waals surface area contributed by atoms with Crippen LogP contribution in [0.15, 0.2) is 22.6 Å². The Hall–Kier alpha value is -1.69. The lowest BCUT2D eigenvalue weighted by molar-refractivity contribution is -0.131. The molecule has 1 heterocycles. The molecule has 27 heavy (non-hydrogen) atoms. The lowest BCUT2D eigenvalue weighted by Crippen LogP contribution is -2.58. The number of carbonyl (C=O) groups excluding carboxylic acids is 1. The molecule has 1 fully saturated rings. The zero-order valence-electron chi connectivity index (χ0n) is 15.3. The van der Waals surface area contributed by atoms with E-state index in [9.17, 15) is 13.2 Å². The molecule has 0 aliphatic carbocycles. The first-order chi connectivity index (χ1) is 12.8. The van der Waals surface area contributed by atoms with Gasteiger partial charge in [0.15, 0.2) is 5.11 Å². The average molecular weight is 431 g/mol. The zero-order chi connectivity index (χ0) is 20.0. The van der Waals surface area contributed by atoms with Gasteiger partial charge in [0.2, 0.25) is 0 Å². The van der Waals surface area contributed by atoms with Crippen molar-refractivity contribution in [2.75, 3.05) is 38.8 Å². The van der Waals surface area contributed by atoms with Crippen LogP contribution < -0.4 is 15.4 Å². The summed E-state index contributed by atoms with van der Waals surface area (Å²) in [6, 6.07) is 4.93. The van der Waals surface area contributed by atoms with Gasteiger partial charge in [-0.3, -0.25) is 9.69 Å². The molecule has 1 aliphatic rings. The van der Waals surface area contributed by atoms with E-state index in [0.717, 1.165) is 11.5 Å². The van der Waals surface area contributed by atoms with E-state index in [0.29, 0.717) is 24.4 Å². The number of nitrogens with zero attached hydrogens (tertiary/aromatic N) is 2. The Kier molecular flexibility index (Phi) is 7.59. The maximum atomic E-state index is 13.2. The van der Waals surface area contributed by atoms with Crippen LogP contribution in [0.4, 0.5) is 5.69 Å². The van der Waals surface area contributed by atoms with Crippen LogP contribution in [-0.2, 0) is 20.8 Å². The number of hydrogen-bond donors (Lipinski definition) is 2. The smallest absolute Gasteiger partial charge is 0.316 e. The summed E-state index contributed by atoms with van der Waals surface area (Å²) in [6.07, 6.45) is 0. The van der Waals surface area contributed by atoms with Crippen molar-refractivity contribution in [3.63, 3.8) is 0 Å². The molecule has 0 radical (unpaired) electrons. The van der Waals surface area contributed by atoms with Crippen molar-refractivity contribution in [2.45, 2.75) is 12.5 Å². The molecule has 0 spiro atoms. The molecule has 1 atom stereocenters. The fourth-order valence-corrected chi connectivity index (χ4v) is 4.20. The summed E-state index contributed by atoms with van der Waals surface area (Å²) in [6.45, 7) is 3.23. The highest BCUT2D eigenvalue weighted by Crippen LogP contribution is 2.37. The molecular weight excluding hydrogens is 408 g/mol. The summed E-state index contributed by atoms with van der Waals surface area (Å²) in [7, 11) is 0.419. The Balaban J connectivity index is 2.57. The van der Waals surface area contributed by atoms with Crippen LogP contribution in [0.1, 0.15) is 12.5 Å². The predicted octanol–water partition coefficient (Wildman–Crippen LogP) is 1.27. The van der Waals surface area contributed by atoms with Crippen molar-refractivity contribution in [1.82, 2.24) is 15.5 Å². The topological polar surface area (TPSA) is 100 Å². The molecule has 1 aliphatic heterocycles. The third-order valence-electron chi connectivity index (χ3n) is 4.45. The lowest BCUT2D eigenvalue weighted by atomic mass is 9.88. The van der Waals surface area contributed by atoms with Crippen molar-refractivity contribution >= 4 is 51.2 Å². The first-order valence-corrected chi connectivity index (χ1v) is 10.8. The van der Waals surface area contributed by atoms with Crippen LogP contribution in [-0.4, -0.2) is 63.1 Å². The molecular formula is C16H22N4O4S3. The Morgan fingerprint density at radius 1 is 1.37 bits per heavy atom. The van der Waals surface area contributed by atoms with Gasteiger partial charge in [-0.1, -0.05) is 6.07 Å². The molecule has 1 saturated heterocycles. The van der Waals surface area contributed by atoms with Crippen LogP contribution in [0.25, 0.3) is 0 Å². The number of benzene rings is 1. The number of methoxy groups -OCH3 is 1. The second-order valence-electron chi connectivity index (χ2n) is 5.90. The third-order valence-corrected chi connectivity index (χ3v) is 6.05. The molecule has 1 aromatic carbocycles. The van der Waals surface area contributed by atoms with Gasteiger partial charge in [0, 0.05) is 31.6 Å². The van der Waals surface area contributed by atoms with Gasteiger partial charge >= 0.3 is 10.5 Å². The molecule has 1 aromatic rings. The van der Waals surface area contributed by atoms with Crippen molar-refractivity contribution < 1.29 is 17.9 Å². The van der Waals surface area contributed by atoms with Crippen molar-refractivity contribution in [1.29, 1.82) is 0 Å². The molecule has 148 valence electrons. The van der Waals surface area contributed by atoms with Gasteiger partial charge in [0.25, 0.3) is 5.91 Å². The summed E-state index contributed by atoms with van der Waals surface area (Å²) in [5, 5.41) is 5.66. The monoisotopic (exact) mass is 430 g/mol. The molecule has 11 heteroatoms. The van der Waals surface area contributed by atoms with Gasteiger partial charge in [-0.25, -0.2) is 0 Å². The van der Waals surface area contributed by atoms with Crippen molar-refractivity contribution in [2.24, 2.45) is 4.36 Å². The molecule has 0 aromatic heterocycles. The van der Waals surface area contributed by atoms with Gasteiger partial charge in [0.05, 0.1) is 7.11 Å². The average Bonchev–Trinajstić information content (AvgIpc) is 2.67. The quantitative estimate of drug-likeness (QED) is 0.674. The normalized spacial score (nSPS) is 16.7. The van der Waals surface area contributed by atoms with E-state index in [4.69, 9.17) is 17.0 Å². The summed E-state index contributed by atoms with van der Waals surface area (Å²) in [5.41, 5.74) is -0.302. The Labute approximate surface area is 169 Å². The highest BCUT2D eigenvalue weighted by molar-refractivity contribution is 7.99. The minimum Gasteiger partial charge on any atom is -0.494 e. The van der Waals surface area contributed by atoms with E-state index < -0.39 is 16.0 Å². The van der Waals surface area contributed by atoms with Crippen LogP contribution in [0, 0.1) is 0 Å². The van der Waals surface area contributed by atoms with Crippen molar-refractivity contribution in [3.8, 4) is 5.75 Å². The van der Waals surface area contributed by atoms with Crippen LogP contribution in [0.2, 0.25) is 0 Å². The van der Waals surface area contributed by atoms with E-state index in [1.54, 1.807) is 32.2 Å². The number of ether oxygens (including phenoxy) is 1. The largest absolute Gasteiger partial charge is 0.494 e. The molecule has 2 N–H and O–H groups in total. The summed E-state index contributed by atoms with van der Waals surface area (Å²) in [5.74, 6) is 1.81. The number of hydrogen-bond acceptors (Lipinski definition) is 8. The van der Waals surface area contributed by atoms with E-state index in [2.05, 4.69) is 19.9 Å². The fourth-order valence-electron chi connectivity index (χ4n) is 2.90. The predicted molar refractivity (Wildman–Crippen MR) is 110 cm³/mol. The number of carbonyl (C=O) groups is 1. The van der Waals surface area contributed by atoms with E-state index in [-0.39, 0.29) is 16.7 Å². The lowest BCUT2D eigenvalue weighted by Gasteiger charge is -2.42. The molecule has 8 nitrogen and oxygen atoms in total. The van der Waals surface area contributed by atoms with Crippen LogP contribution in [0.5, 0.6) is 5.75 Å². The van der Waals surface area contributed by atoms with E-state index in [1.807, 2.05) is 11.8 Å². The van der Waals surface area contributed by atoms with Crippen LogP contribution in [0.3, 0.4) is 0 Å². The third kappa shape index (κ3) is 4.98.